The molecule has 2 N–H and O–H groups in total. The van der Waals surface area contributed by atoms with Gasteiger partial charge >= 0.3 is 6.09 Å². The minimum atomic E-state index is -0.594. The number of hydrogen-bond donors (Lipinski definition) is 1. The maximum atomic E-state index is 12.4. The van der Waals surface area contributed by atoms with Crippen LogP contribution in [0.1, 0.15) is 40.0 Å². The summed E-state index contributed by atoms with van der Waals surface area (Å²) in [7, 11) is 0. The van der Waals surface area contributed by atoms with Crippen molar-refractivity contribution < 1.29 is 14.5 Å². The number of anilines is 1. The summed E-state index contributed by atoms with van der Waals surface area (Å²) in [5, 5.41) is 12.9. The number of para-hydroxylation sites is 1. The fourth-order valence-corrected chi connectivity index (χ4v) is 3.20. The molecule has 9 heteroatoms. The van der Waals surface area contributed by atoms with Crippen molar-refractivity contribution in [3.63, 3.8) is 0 Å². The first-order valence-corrected chi connectivity index (χ1v) is 8.92. The first-order valence-electron chi connectivity index (χ1n) is 8.55. The molecule has 1 aliphatic rings. The molecule has 0 unspecified atom stereocenters. The first-order chi connectivity index (χ1) is 12.1. The predicted octanol–water partition coefficient (Wildman–Crippen LogP) is 3.72. The minimum Gasteiger partial charge on any atom is -0.444 e. The van der Waals surface area contributed by atoms with Gasteiger partial charge < -0.3 is 9.64 Å². The molecule has 1 aliphatic heterocycles. The Balaban J connectivity index is 2.24. The number of likely N-dealkylation sites (tertiary alicyclic amines) is 1. The fourth-order valence-electron chi connectivity index (χ4n) is 2.93. The SMILES string of the molecule is CC(C)(C)OC(=O)N1CCCC[C@@H](N(N)c2c(Cl)cccc2[N+](=O)[O-])C1. The van der Waals surface area contributed by atoms with Crippen LogP contribution >= 0.6 is 11.6 Å². The molecule has 0 spiro atoms. The molecule has 1 aromatic rings. The van der Waals surface area contributed by atoms with E-state index in [0.717, 1.165) is 12.8 Å². The highest BCUT2D eigenvalue weighted by atomic mass is 35.5. The number of carbonyl (C=O) groups excluding carboxylic acids is 1. The number of ether oxygens (including phenoxy) is 1. The van der Waals surface area contributed by atoms with Crippen molar-refractivity contribution in [3.05, 3.63) is 33.3 Å². The Bertz CT molecular complexity index is 677. The molecular weight excluding hydrogens is 360 g/mol. The number of nitrogens with zero attached hydrogens (tertiary/aromatic N) is 3. The molecule has 144 valence electrons. The van der Waals surface area contributed by atoms with Crippen molar-refractivity contribution in [1.29, 1.82) is 0 Å². The fraction of sp³-hybridized carbons (Fsp3) is 0.588. The Morgan fingerprint density at radius 2 is 2.12 bits per heavy atom. The van der Waals surface area contributed by atoms with Gasteiger partial charge in [0.05, 0.1) is 16.0 Å². The van der Waals surface area contributed by atoms with Crippen molar-refractivity contribution in [2.45, 2.75) is 51.7 Å². The molecule has 1 fully saturated rings. The second-order valence-electron chi connectivity index (χ2n) is 7.35. The zero-order chi connectivity index (χ0) is 19.5. The molecule has 1 saturated heterocycles. The number of hydrogen-bond acceptors (Lipinski definition) is 6. The van der Waals surface area contributed by atoms with E-state index in [1.807, 2.05) is 20.8 Å². The summed E-state index contributed by atoms with van der Waals surface area (Å²) in [5.41, 5.74) is -0.591. The molecule has 0 aliphatic carbocycles. The summed E-state index contributed by atoms with van der Waals surface area (Å²) < 4.78 is 5.45. The van der Waals surface area contributed by atoms with Gasteiger partial charge in [-0.3, -0.25) is 15.1 Å². The summed E-state index contributed by atoms with van der Waals surface area (Å²) in [6, 6.07) is 4.14. The number of hydrazine groups is 1. The molecule has 0 aromatic heterocycles. The lowest BCUT2D eigenvalue weighted by molar-refractivity contribution is -0.384. The highest BCUT2D eigenvalue weighted by Gasteiger charge is 2.31. The van der Waals surface area contributed by atoms with Crippen LogP contribution < -0.4 is 10.9 Å². The predicted molar refractivity (Wildman–Crippen MR) is 100 cm³/mol. The normalized spacial score (nSPS) is 18.2. The monoisotopic (exact) mass is 384 g/mol. The van der Waals surface area contributed by atoms with Gasteiger partial charge in [-0.05, 0) is 46.1 Å². The Morgan fingerprint density at radius 3 is 2.73 bits per heavy atom. The van der Waals surface area contributed by atoms with Crippen molar-refractivity contribution in [1.82, 2.24) is 4.90 Å². The topological polar surface area (TPSA) is 102 Å². The highest BCUT2D eigenvalue weighted by molar-refractivity contribution is 6.33. The first kappa shape index (κ1) is 20.3. The van der Waals surface area contributed by atoms with E-state index < -0.39 is 16.6 Å². The van der Waals surface area contributed by atoms with Crippen LogP contribution in [0.25, 0.3) is 0 Å². The van der Waals surface area contributed by atoms with Crippen LogP contribution in [0.3, 0.4) is 0 Å². The summed E-state index contributed by atoms with van der Waals surface area (Å²) in [4.78, 5) is 24.9. The number of carbonyl (C=O) groups is 1. The Labute approximate surface area is 158 Å². The molecule has 26 heavy (non-hydrogen) atoms. The van der Waals surface area contributed by atoms with Gasteiger partial charge in [0.15, 0.2) is 0 Å². The zero-order valence-corrected chi connectivity index (χ0v) is 16.0. The third kappa shape index (κ3) is 4.98. The van der Waals surface area contributed by atoms with E-state index in [2.05, 4.69) is 0 Å². The summed E-state index contributed by atoms with van der Waals surface area (Å²) >= 11 is 6.18. The highest BCUT2D eigenvalue weighted by Crippen LogP contribution is 2.36. The smallest absolute Gasteiger partial charge is 0.410 e. The van der Waals surface area contributed by atoms with Crippen molar-refractivity contribution in [2.75, 3.05) is 18.1 Å². The van der Waals surface area contributed by atoms with Crippen molar-refractivity contribution in [3.8, 4) is 0 Å². The lowest BCUT2D eigenvalue weighted by Crippen LogP contribution is -2.49. The van der Waals surface area contributed by atoms with Crippen LogP contribution in [0, 0.1) is 10.1 Å². The molecular formula is C17H25ClN4O4. The molecule has 1 aromatic carbocycles. The summed E-state index contributed by atoms with van der Waals surface area (Å²) in [6.07, 6.45) is 1.94. The molecule has 1 atom stereocenters. The van der Waals surface area contributed by atoms with Crippen LogP contribution in [0.15, 0.2) is 18.2 Å². The van der Waals surface area contributed by atoms with Gasteiger partial charge in [-0.25, -0.2) is 10.6 Å². The Kier molecular flexibility index (Phi) is 6.30. The van der Waals surface area contributed by atoms with E-state index in [0.29, 0.717) is 19.5 Å². The van der Waals surface area contributed by atoms with E-state index in [4.69, 9.17) is 22.2 Å². The van der Waals surface area contributed by atoms with Crippen LogP contribution in [0.4, 0.5) is 16.2 Å². The number of nitro groups is 1. The molecule has 8 nitrogen and oxygen atoms in total. The number of amides is 1. The van der Waals surface area contributed by atoms with Gasteiger partial charge in [-0.15, -0.1) is 0 Å². The number of rotatable bonds is 3. The van der Waals surface area contributed by atoms with E-state index >= 15 is 0 Å². The van der Waals surface area contributed by atoms with E-state index in [-0.39, 0.29) is 22.4 Å². The molecule has 1 amide bonds. The third-order valence-electron chi connectivity index (χ3n) is 4.11. The number of benzene rings is 1. The van der Waals surface area contributed by atoms with Gasteiger partial charge in [0.2, 0.25) is 0 Å². The second-order valence-corrected chi connectivity index (χ2v) is 7.76. The molecule has 1 heterocycles. The third-order valence-corrected chi connectivity index (χ3v) is 4.42. The van der Waals surface area contributed by atoms with Crippen LogP contribution in [0.5, 0.6) is 0 Å². The van der Waals surface area contributed by atoms with Gasteiger partial charge in [-0.1, -0.05) is 17.7 Å². The molecule has 0 saturated carbocycles. The van der Waals surface area contributed by atoms with E-state index in [1.54, 1.807) is 11.0 Å². The molecule has 2 rings (SSSR count). The van der Waals surface area contributed by atoms with Gasteiger partial charge in [0.1, 0.15) is 11.3 Å². The average Bonchev–Trinajstić information content (AvgIpc) is 2.78. The van der Waals surface area contributed by atoms with Crippen molar-refractivity contribution >= 4 is 29.1 Å². The maximum Gasteiger partial charge on any atom is 0.410 e. The quantitative estimate of drug-likeness (QED) is 0.484. The standard InChI is InChI=1S/C17H25ClN4O4/c1-17(2,3)26-16(23)20-10-5-4-7-12(11-20)21(19)15-13(18)8-6-9-14(15)22(24)25/h6,8-9,12H,4-5,7,10-11,19H2,1-3H3/t12-/m1/s1. The largest absolute Gasteiger partial charge is 0.444 e. The molecule has 0 radical (unpaired) electrons. The lowest BCUT2D eigenvalue weighted by Gasteiger charge is -2.33. The average molecular weight is 385 g/mol. The Hall–Kier alpha value is -2.06. The number of halogens is 1. The summed E-state index contributed by atoms with van der Waals surface area (Å²) in [6.45, 7) is 6.30. The molecule has 0 bridgehead atoms. The van der Waals surface area contributed by atoms with E-state index in [9.17, 15) is 14.9 Å². The second kappa shape index (κ2) is 8.09. The lowest BCUT2D eigenvalue weighted by atomic mass is 10.1. The number of nitro benzene ring substituents is 1. The van der Waals surface area contributed by atoms with E-state index in [1.165, 1.54) is 17.1 Å². The number of nitrogens with two attached hydrogens (primary N) is 1. The van der Waals surface area contributed by atoms with Crippen LogP contribution in [-0.2, 0) is 4.74 Å². The van der Waals surface area contributed by atoms with Crippen LogP contribution in [0.2, 0.25) is 5.02 Å². The zero-order valence-electron chi connectivity index (χ0n) is 15.3. The summed E-state index contributed by atoms with van der Waals surface area (Å²) in [5.74, 6) is 6.23. The van der Waals surface area contributed by atoms with Crippen LogP contribution in [-0.4, -0.2) is 40.6 Å². The minimum absolute atomic E-state index is 0.159. The van der Waals surface area contributed by atoms with Gasteiger partial charge in [0, 0.05) is 19.2 Å². The van der Waals surface area contributed by atoms with Crippen molar-refractivity contribution in [2.24, 2.45) is 5.84 Å². The van der Waals surface area contributed by atoms with Gasteiger partial charge in [0.25, 0.3) is 5.69 Å². The maximum absolute atomic E-state index is 12.4. The Morgan fingerprint density at radius 1 is 1.42 bits per heavy atom. The van der Waals surface area contributed by atoms with Gasteiger partial charge in [-0.2, -0.15) is 0 Å².